The lowest BCUT2D eigenvalue weighted by Gasteiger charge is -2.26. The maximum Gasteiger partial charge on any atom is 0.0381 e. The number of hydrogen-bond acceptors (Lipinski definition) is 2. The number of allylic oxidation sites excluding steroid dienone is 5. The van der Waals surface area contributed by atoms with Gasteiger partial charge in [0, 0.05) is 23.3 Å². The van der Waals surface area contributed by atoms with E-state index in [0.29, 0.717) is 0 Å². The summed E-state index contributed by atoms with van der Waals surface area (Å²) >= 11 is 0. The minimum Gasteiger partial charge on any atom is -0.401 e. The van der Waals surface area contributed by atoms with E-state index in [-0.39, 0.29) is 0 Å². The molecule has 0 aromatic carbocycles. The van der Waals surface area contributed by atoms with Gasteiger partial charge in [-0.25, -0.2) is 0 Å². The zero-order chi connectivity index (χ0) is 11.8. The predicted octanol–water partition coefficient (Wildman–Crippen LogP) is 3.51. The van der Waals surface area contributed by atoms with E-state index in [1.807, 2.05) is 44.0 Å². The SMILES string of the molecule is C=C1C=CC=C(CC)N1/C=C(\C)N.CC. The quantitative estimate of drug-likeness (QED) is 0.749. The first-order chi connectivity index (χ1) is 7.15. The van der Waals surface area contributed by atoms with Crippen molar-refractivity contribution in [1.82, 2.24) is 4.90 Å². The summed E-state index contributed by atoms with van der Waals surface area (Å²) in [6.45, 7) is 11.9. The van der Waals surface area contributed by atoms with Crippen LogP contribution in [0, 0.1) is 0 Å². The summed E-state index contributed by atoms with van der Waals surface area (Å²) < 4.78 is 0. The van der Waals surface area contributed by atoms with Crippen LogP contribution in [0.1, 0.15) is 34.1 Å². The third-order valence-corrected chi connectivity index (χ3v) is 1.89. The Balaban J connectivity index is 0.000000921. The highest BCUT2D eigenvalue weighted by molar-refractivity contribution is 5.33. The van der Waals surface area contributed by atoms with Gasteiger partial charge in [0.05, 0.1) is 0 Å². The summed E-state index contributed by atoms with van der Waals surface area (Å²) in [5, 5.41) is 0. The lowest BCUT2D eigenvalue weighted by atomic mass is 10.2. The summed E-state index contributed by atoms with van der Waals surface area (Å²) in [4.78, 5) is 2.02. The Morgan fingerprint density at radius 3 is 2.60 bits per heavy atom. The van der Waals surface area contributed by atoms with Crippen LogP contribution in [0.5, 0.6) is 0 Å². The molecule has 84 valence electrons. The van der Waals surface area contributed by atoms with Crippen LogP contribution in [0.2, 0.25) is 0 Å². The number of nitrogens with zero attached hydrogens (tertiary/aromatic N) is 1. The summed E-state index contributed by atoms with van der Waals surface area (Å²) in [5.74, 6) is 0. The standard InChI is InChI=1S/C11H16N2.C2H6/c1-4-11-7-5-6-10(3)13(11)8-9(2)12;1-2/h5-8H,3-4,12H2,1-2H3;1-2H3/b9-8+;. The molecule has 15 heavy (non-hydrogen) atoms. The third kappa shape index (κ3) is 4.07. The van der Waals surface area contributed by atoms with E-state index < -0.39 is 0 Å². The van der Waals surface area contributed by atoms with Crippen molar-refractivity contribution in [2.45, 2.75) is 34.1 Å². The second-order valence-corrected chi connectivity index (χ2v) is 3.11. The highest BCUT2D eigenvalue weighted by Gasteiger charge is 2.09. The normalized spacial score (nSPS) is 15.7. The van der Waals surface area contributed by atoms with Crippen LogP contribution in [0.15, 0.2) is 48.1 Å². The smallest absolute Gasteiger partial charge is 0.0381 e. The van der Waals surface area contributed by atoms with E-state index in [9.17, 15) is 0 Å². The molecular formula is C13H22N2. The van der Waals surface area contributed by atoms with Gasteiger partial charge in [0.2, 0.25) is 0 Å². The van der Waals surface area contributed by atoms with Crippen molar-refractivity contribution in [2.24, 2.45) is 5.73 Å². The Kier molecular flexibility index (Phi) is 6.27. The van der Waals surface area contributed by atoms with Gasteiger partial charge in [0.1, 0.15) is 0 Å². The van der Waals surface area contributed by atoms with Gasteiger partial charge in [-0.2, -0.15) is 0 Å². The maximum atomic E-state index is 5.63. The average Bonchev–Trinajstić information content (AvgIpc) is 2.23. The van der Waals surface area contributed by atoms with Gasteiger partial charge in [0.15, 0.2) is 0 Å². The second kappa shape index (κ2) is 6.93. The first-order valence-corrected chi connectivity index (χ1v) is 5.44. The lowest BCUT2D eigenvalue weighted by molar-refractivity contribution is 0.560. The highest BCUT2D eigenvalue weighted by Crippen LogP contribution is 2.21. The molecule has 2 N–H and O–H groups in total. The maximum absolute atomic E-state index is 5.63. The minimum atomic E-state index is 0.788. The zero-order valence-electron chi connectivity index (χ0n) is 10.2. The van der Waals surface area contributed by atoms with Crippen molar-refractivity contribution in [2.75, 3.05) is 0 Å². The van der Waals surface area contributed by atoms with Crippen LogP contribution in [0.3, 0.4) is 0 Å². The van der Waals surface area contributed by atoms with E-state index >= 15 is 0 Å². The summed E-state index contributed by atoms with van der Waals surface area (Å²) in [6.07, 6.45) is 8.94. The largest absolute Gasteiger partial charge is 0.401 e. The Bertz CT molecular complexity index is 292. The van der Waals surface area contributed by atoms with Crippen LogP contribution in [0.25, 0.3) is 0 Å². The molecule has 1 rings (SSSR count). The second-order valence-electron chi connectivity index (χ2n) is 3.11. The van der Waals surface area contributed by atoms with Crippen LogP contribution in [0.4, 0.5) is 0 Å². The Morgan fingerprint density at radius 2 is 2.13 bits per heavy atom. The molecule has 0 radical (unpaired) electrons. The topological polar surface area (TPSA) is 29.3 Å². The van der Waals surface area contributed by atoms with Crippen molar-refractivity contribution >= 4 is 0 Å². The monoisotopic (exact) mass is 206 g/mol. The third-order valence-electron chi connectivity index (χ3n) is 1.89. The molecule has 0 amide bonds. The van der Waals surface area contributed by atoms with E-state index in [4.69, 9.17) is 5.73 Å². The fourth-order valence-electron chi connectivity index (χ4n) is 1.27. The van der Waals surface area contributed by atoms with Gasteiger partial charge in [-0.1, -0.05) is 33.4 Å². The molecule has 2 heteroatoms. The molecule has 0 fully saturated rings. The van der Waals surface area contributed by atoms with Crippen LogP contribution in [-0.2, 0) is 0 Å². The zero-order valence-corrected chi connectivity index (χ0v) is 10.2. The molecular weight excluding hydrogens is 184 g/mol. The molecule has 1 aliphatic heterocycles. The molecule has 0 saturated heterocycles. The molecule has 2 nitrogen and oxygen atoms in total. The first-order valence-electron chi connectivity index (χ1n) is 5.44. The first kappa shape index (κ1) is 13.6. The average molecular weight is 206 g/mol. The molecule has 0 spiro atoms. The molecule has 1 aliphatic rings. The van der Waals surface area contributed by atoms with Crippen molar-refractivity contribution in [1.29, 1.82) is 0 Å². The van der Waals surface area contributed by atoms with Gasteiger partial charge in [-0.15, -0.1) is 0 Å². The summed E-state index contributed by atoms with van der Waals surface area (Å²) in [6, 6.07) is 0. The van der Waals surface area contributed by atoms with Crippen molar-refractivity contribution in [3.05, 3.63) is 48.1 Å². The molecule has 0 bridgehead atoms. The molecule has 0 aromatic heterocycles. The molecule has 0 aliphatic carbocycles. The van der Waals surface area contributed by atoms with Gasteiger partial charge in [-0.3, -0.25) is 0 Å². The fraction of sp³-hybridized carbons (Fsp3) is 0.385. The van der Waals surface area contributed by atoms with Gasteiger partial charge >= 0.3 is 0 Å². The van der Waals surface area contributed by atoms with Crippen LogP contribution >= 0.6 is 0 Å². The number of rotatable bonds is 2. The van der Waals surface area contributed by atoms with Crippen molar-refractivity contribution < 1.29 is 0 Å². The minimum absolute atomic E-state index is 0.788. The van der Waals surface area contributed by atoms with E-state index in [0.717, 1.165) is 17.8 Å². The van der Waals surface area contributed by atoms with Gasteiger partial charge in [-0.05, 0) is 25.5 Å². The van der Waals surface area contributed by atoms with Gasteiger partial charge < -0.3 is 10.6 Å². The molecule has 1 heterocycles. The van der Waals surface area contributed by atoms with Crippen molar-refractivity contribution in [3.63, 3.8) is 0 Å². The highest BCUT2D eigenvalue weighted by atomic mass is 15.1. The Labute approximate surface area is 93.5 Å². The van der Waals surface area contributed by atoms with E-state index in [1.165, 1.54) is 5.70 Å². The Morgan fingerprint density at radius 1 is 1.53 bits per heavy atom. The van der Waals surface area contributed by atoms with Crippen molar-refractivity contribution in [3.8, 4) is 0 Å². The predicted molar refractivity (Wildman–Crippen MR) is 67.8 cm³/mol. The van der Waals surface area contributed by atoms with Crippen LogP contribution in [-0.4, -0.2) is 4.90 Å². The Hall–Kier alpha value is -1.44. The molecule has 0 atom stereocenters. The fourth-order valence-corrected chi connectivity index (χ4v) is 1.27. The molecule has 0 saturated carbocycles. The molecule has 0 aromatic rings. The lowest BCUT2D eigenvalue weighted by Crippen LogP contribution is -2.17. The summed E-state index contributed by atoms with van der Waals surface area (Å²) in [5.41, 5.74) is 8.60. The van der Waals surface area contributed by atoms with E-state index in [2.05, 4.69) is 19.6 Å². The molecule has 0 unspecified atom stereocenters. The summed E-state index contributed by atoms with van der Waals surface area (Å²) in [7, 11) is 0. The van der Waals surface area contributed by atoms with Gasteiger partial charge in [0.25, 0.3) is 0 Å². The van der Waals surface area contributed by atoms with E-state index in [1.54, 1.807) is 0 Å². The number of hydrogen-bond donors (Lipinski definition) is 1. The van der Waals surface area contributed by atoms with Crippen LogP contribution < -0.4 is 5.73 Å². The number of nitrogens with two attached hydrogens (primary N) is 1.